The van der Waals surface area contributed by atoms with Crippen LogP contribution in [0.15, 0.2) is 18.2 Å². The summed E-state index contributed by atoms with van der Waals surface area (Å²) >= 11 is 4.22. The molecule has 0 aromatic heterocycles. The van der Waals surface area contributed by atoms with Gasteiger partial charge in [-0.2, -0.15) is 12.6 Å². The molecule has 18 heavy (non-hydrogen) atoms. The second-order valence-electron chi connectivity index (χ2n) is 5.34. The summed E-state index contributed by atoms with van der Waals surface area (Å²) in [5.41, 5.74) is 2.60. The molecule has 0 heterocycles. The summed E-state index contributed by atoms with van der Waals surface area (Å²) in [6.45, 7) is 8.57. The average molecular weight is 267 g/mol. The molecular weight excluding hydrogens is 242 g/mol. The van der Waals surface area contributed by atoms with E-state index in [2.05, 4.69) is 56.9 Å². The number of benzene rings is 1. The summed E-state index contributed by atoms with van der Waals surface area (Å²) in [4.78, 5) is 0. The minimum absolute atomic E-state index is 0.0635. The Hall–Kier alpha value is -0.670. The summed E-state index contributed by atoms with van der Waals surface area (Å²) in [5.74, 6) is 1.91. The fraction of sp³-hybridized carbons (Fsp3) is 0.600. The van der Waals surface area contributed by atoms with Gasteiger partial charge in [0.1, 0.15) is 5.75 Å². The van der Waals surface area contributed by atoms with Crippen LogP contribution in [0.1, 0.15) is 31.4 Å². The van der Waals surface area contributed by atoms with Crippen LogP contribution in [0.25, 0.3) is 0 Å². The number of rotatable bonds is 7. The predicted octanol–water partition coefficient (Wildman–Crippen LogP) is 3.19. The summed E-state index contributed by atoms with van der Waals surface area (Å²) in [5, 5.41) is 3.49. The van der Waals surface area contributed by atoms with Gasteiger partial charge in [-0.25, -0.2) is 0 Å². The lowest BCUT2D eigenvalue weighted by Crippen LogP contribution is -2.34. The Morgan fingerprint density at radius 2 is 2.06 bits per heavy atom. The standard InChI is InChI=1S/C15H25NOS/c1-12-6-7-14(17-4)13(10-12)15(2,3)11-16-8-5-9-18/h6-7,10,16,18H,5,8-9,11H2,1-4H3. The van der Waals surface area contributed by atoms with Crippen molar-refractivity contribution in [3.05, 3.63) is 29.3 Å². The fourth-order valence-electron chi connectivity index (χ4n) is 2.05. The van der Waals surface area contributed by atoms with Crippen LogP contribution in [0.5, 0.6) is 5.75 Å². The first kappa shape index (κ1) is 15.4. The number of ether oxygens (including phenoxy) is 1. The molecule has 0 atom stereocenters. The highest BCUT2D eigenvalue weighted by Crippen LogP contribution is 2.31. The van der Waals surface area contributed by atoms with Gasteiger partial charge in [0.2, 0.25) is 0 Å². The van der Waals surface area contributed by atoms with Gasteiger partial charge in [0.25, 0.3) is 0 Å². The fourth-order valence-corrected chi connectivity index (χ4v) is 2.21. The molecule has 102 valence electrons. The molecule has 1 rings (SSSR count). The number of nitrogens with one attached hydrogen (secondary N) is 1. The molecule has 0 aliphatic carbocycles. The Morgan fingerprint density at radius 1 is 1.33 bits per heavy atom. The van der Waals surface area contributed by atoms with Crippen LogP contribution >= 0.6 is 12.6 Å². The van der Waals surface area contributed by atoms with E-state index in [1.165, 1.54) is 11.1 Å². The molecule has 0 amide bonds. The normalized spacial score (nSPS) is 11.6. The number of methoxy groups -OCH3 is 1. The van der Waals surface area contributed by atoms with Gasteiger partial charge >= 0.3 is 0 Å². The Balaban J connectivity index is 2.79. The van der Waals surface area contributed by atoms with Gasteiger partial charge in [0.15, 0.2) is 0 Å². The molecule has 1 aromatic carbocycles. The largest absolute Gasteiger partial charge is 0.496 e. The first-order valence-corrected chi connectivity index (χ1v) is 7.11. The highest BCUT2D eigenvalue weighted by Gasteiger charge is 2.24. The Morgan fingerprint density at radius 3 is 2.67 bits per heavy atom. The van der Waals surface area contributed by atoms with E-state index < -0.39 is 0 Å². The lowest BCUT2D eigenvalue weighted by atomic mass is 9.83. The third kappa shape index (κ3) is 4.21. The topological polar surface area (TPSA) is 21.3 Å². The van der Waals surface area contributed by atoms with E-state index in [1.54, 1.807) is 7.11 Å². The molecule has 0 unspecified atom stereocenters. The molecule has 2 nitrogen and oxygen atoms in total. The van der Waals surface area contributed by atoms with E-state index >= 15 is 0 Å². The maximum atomic E-state index is 5.47. The van der Waals surface area contributed by atoms with Crippen molar-refractivity contribution in [2.75, 3.05) is 26.0 Å². The monoisotopic (exact) mass is 267 g/mol. The molecule has 0 fully saturated rings. The molecule has 3 heteroatoms. The zero-order chi connectivity index (χ0) is 13.6. The second kappa shape index (κ2) is 7.05. The highest BCUT2D eigenvalue weighted by molar-refractivity contribution is 7.80. The molecule has 0 saturated heterocycles. The molecule has 0 saturated carbocycles. The second-order valence-corrected chi connectivity index (χ2v) is 5.79. The van der Waals surface area contributed by atoms with Gasteiger partial charge in [-0.05, 0) is 31.7 Å². The van der Waals surface area contributed by atoms with Gasteiger partial charge in [-0.15, -0.1) is 0 Å². The molecule has 0 aliphatic heterocycles. The van der Waals surface area contributed by atoms with Crippen molar-refractivity contribution >= 4 is 12.6 Å². The molecule has 0 bridgehead atoms. The van der Waals surface area contributed by atoms with Crippen LogP contribution < -0.4 is 10.1 Å². The summed E-state index contributed by atoms with van der Waals surface area (Å²) < 4.78 is 5.47. The van der Waals surface area contributed by atoms with E-state index in [0.29, 0.717) is 0 Å². The zero-order valence-electron chi connectivity index (χ0n) is 11.9. The smallest absolute Gasteiger partial charge is 0.122 e. The van der Waals surface area contributed by atoms with Crippen LogP contribution in [0.4, 0.5) is 0 Å². The molecule has 0 radical (unpaired) electrons. The van der Waals surface area contributed by atoms with Crippen LogP contribution in [-0.4, -0.2) is 26.0 Å². The van der Waals surface area contributed by atoms with Crippen molar-refractivity contribution < 1.29 is 4.74 Å². The van der Waals surface area contributed by atoms with E-state index in [4.69, 9.17) is 4.74 Å². The minimum atomic E-state index is 0.0635. The van der Waals surface area contributed by atoms with Crippen molar-refractivity contribution in [3.63, 3.8) is 0 Å². The Kier molecular flexibility index (Phi) is 6.03. The van der Waals surface area contributed by atoms with Crippen LogP contribution in [0.3, 0.4) is 0 Å². The first-order valence-electron chi connectivity index (χ1n) is 6.48. The van der Waals surface area contributed by atoms with E-state index in [0.717, 1.165) is 31.0 Å². The van der Waals surface area contributed by atoms with Gasteiger partial charge in [0, 0.05) is 17.5 Å². The zero-order valence-corrected chi connectivity index (χ0v) is 12.8. The van der Waals surface area contributed by atoms with E-state index in [-0.39, 0.29) is 5.41 Å². The van der Waals surface area contributed by atoms with Gasteiger partial charge in [-0.3, -0.25) is 0 Å². The quantitative estimate of drug-likeness (QED) is 0.585. The SMILES string of the molecule is COc1ccc(C)cc1C(C)(C)CNCCCS. The molecule has 0 spiro atoms. The van der Waals surface area contributed by atoms with Gasteiger partial charge < -0.3 is 10.1 Å². The highest BCUT2D eigenvalue weighted by atomic mass is 32.1. The van der Waals surface area contributed by atoms with Crippen LogP contribution in [0.2, 0.25) is 0 Å². The summed E-state index contributed by atoms with van der Waals surface area (Å²) in [7, 11) is 1.73. The van der Waals surface area contributed by atoms with Gasteiger partial charge in [0.05, 0.1) is 7.11 Å². The third-order valence-electron chi connectivity index (χ3n) is 3.16. The summed E-state index contributed by atoms with van der Waals surface area (Å²) in [6, 6.07) is 6.37. The minimum Gasteiger partial charge on any atom is -0.496 e. The van der Waals surface area contributed by atoms with E-state index in [1.807, 2.05) is 0 Å². The molecule has 1 aromatic rings. The maximum absolute atomic E-state index is 5.47. The number of hydrogen-bond donors (Lipinski definition) is 2. The van der Waals surface area contributed by atoms with Crippen LogP contribution in [-0.2, 0) is 5.41 Å². The number of hydrogen-bond acceptors (Lipinski definition) is 3. The van der Waals surface area contributed by atoms with Crippen molar-refractivity contribution in [2.24, 2.45) is 0 Å². The lowest BCUT2D eigenvalue weighted by molar-refractivity contribution is 0.385. The number of thiol groups is 1. The first-order chi connectivity index (χ1) is 8.51. The van der Waals surface area contributed by atoms with Crippen molar-refractivity contribution in [1.82, 2.24) is 5.32 Å². The van der Waals surface area contributed by atoms with Crippen LogP contribution in [0, 0.1) is 6.92 Å². The molecule has 1 N–H and O–H groups in total. The van der Waals surface area contributed by atoms with Crippen molar-refractivity contribution in [1.29, 1.82) is 0 Å². The molecular formula is C15H25NOS. The third-order valence-corrected chi connectivity index (χ3v) is 3.48. The molecule has 0 aliphatic rings. The van der Waals surface area contributed by atoms with Crippen molar-refractivity contribution in [3.8, 4) is 5.75 Å². The average Bonchev–Trinajstić information content (AvgIpc) is 2.35. The number of aryl methyl sites for hydroxylation is 1. The van der Waals surface area contributed by atoms with E-state index in [9.17, 15) is 0 Å². The lowest BCUT2D eigenvalue weighted by Gasteiger charge is -2.28. The van der Waals surface area contributed by atoms with Crippen molar-refractivity contribution in [2.45, 2.75) is 32.6 Å². The Bertz CT molecular complexity index is 377. The Labute approximate surface area is 117 Å². The van der Waals surface area contributed by atoms with Gasteiger partial charge in [-0.1, -0.05) is 31.5 Å². The summed E-state index contributed by atoms with van der Waals surface area (Å²) in [6.07, 6.45) is 1.10. The maximum Gasteiger partial charge on any atom is 0.122 e. The predicted molar refractivity (Wildman–Crippen MR) is 82.1 cm³/mol.